The summed E-state index contributed by atoms with van der Waals surface area (Å²) in [6.45, 7) is 7.45. The summed E-state index contributed by atoms with van der Waals surface area (Å²) in [6.07, 6.45) is 11.9. The maximum atomic E-state index is 12.5. The first kappa shape index (κ1) is 14.3. The van der Waals surface area contributed by atoms with Gasteiger partial charge in [-0.2, -0.15) is 0 Å². The maximum absolute atomic E-state index is 12.5. The van der Waals surface area contributed by atoms with Crippen molar-refractivity contribution in [1.82, 2.24) is 0 Å². The Morgan fingerprint density at radius 3 is 2.62 bits per heavy atom. The molecule has 0 aliphatic heterocycles. The summed E-state index contributed by atoms with van der Waals surface area (Å²) in [4.78, 5) is 12.5. The van der Waals surface area contributed by atoms with Crippen LogP contribution in [0.1, 0.15) is 78.6 Å². The first-order chi connectivity index (χ1) is 9.97. The molecule has 0 saturated heterocycles. The second-order valence-corrected chi connectivity index (χ2v) is 9.37. The molecule has 7 atom stereocenters. The number of hydrogen-bond acceptors (Lipinski definition) is 1. The van der Waals surface area contributed by atoms with E-state index < -0.39 is 0 Å². The molecule has 118 valence electrons. The topological polar surface area (TPSA) is 17.1 Å². The second kappa shape index (κ2) is 4.59. The van der Waals surface area contributed by atoms with E-state index in [1.807, 2.05) is 0 Å². The van der Waals surface area contributed by atoms with Gasteiger partial charge in [0.2, 0.25) is 0 Å². The van der Waals surface area contributed by atoms with Gasteiger partial charge in [0.25, 0.3) is 0 Å². The molecule has 0 aromatic rings. The third-order valence-electron chi connectivity index (χ3n) is 8.65. The number of fused-ring (bicyclic) bond motifs is 5. The second-order valence-electron chi connectivity index (χ2n) is 9.37. The highest BCUT2D eigenvalue weighted by molar-refractivity contribution is 5.87. The number of Topliss-reactive ketones (excluding diaryl/α,β-unsaturated/α-hetero) is 1. The minimum Gasteiger partial charge on any atom is -0.299 e. The molecular weight excluding hydrogens is 256 g/mol. The van der Waals surface area contributed by atoms with Crippen LogP contribution in [0.2, 0.25) is 0 Å². The van der Waals surface area contributed by atoms with Crippen molar-refractivity contribution in [3.63, 3.8) is 0 Å². The van der Waals surface area contributed by atoms with E-state index in [1.54, 1.807) is 0 Å². The van der Waals surface area contributed by atoms with Gasteiger partial charge in [-0.05, 0) is 73.5 Å². The molecule has 0 aromatic carbocycles. The van der Waals surface area contributed by atoms with Crippen LogP contribution < -0.4 is 0 Å². The summed E-state index contributed by atoms with van der Waals surface area (Å²) >= 11 is 0. The predicted octanol–water partition coefficient (Wildman–Crippen LogP) is 5.23. The Labute approximate surface area is 130 Å². The third-order valence-corrected chi connectivity index (χ3v) is 8.65. The molecule has 0 heterocycles. The molecule has 0 aromatic heterocycles. The van der Waals surface area contributed by atoms with E-state index in [1.165, 1.54) is 51.4 Å². The van der Waals surface area contributed by atoms with Crippen molar-refractivity contribution in [3.05, 3.63) is 0 Å². The predicted molar refractivity (Wildman–Crippen MR) is 85.9 cm³/mol. The van der Waals surface area contributed by atoms with Crippen LogP contribution in [-0.4, -0.2) is 5.78 Å². The molecule has 4 unspecified atom stereocenters. The summed E-state index contributed by atoms with van der Waals surface area (Å²) in [5, 5.41) is 0. The van der Waals surface area contributed by atoms with E-state index in [-0.39, 0.29) is 5.41 Å². The minimum atomic E-state index is 0.0489. The van der Waals surface area contributed by atoms with E-state index in [0.29, 0.717) is 17.1 Å². The first-order valence-corrected chi connectivity index (χ1v) is 9.50. The molecule has 1 nitrogen and oxygen atoms in total. The smallest absolute Gasteiger partial charge is 0.139 e. The molecule has 4 aliphatic carbocycles. The van der Waals surface area contributed by atoms with E-state index in [2.05, 4.69) is 20.8 Å². The SMILES string of the molecule is C[C@H]1CC2CCCC[C@]2(C)C2CC[C@]3(C)C(=O)CCC3C21. The number of carbonyl (C=O) groups excluding carboxylic acids is 1. The summed E-state index contributed by atoms with van der Waals surface area (Å²) < 4.78 is 0. The van der Waals surface area contributed by atoms with Crippen molar-refractivity contribution in [3.8, 4) is 0 Å². The Kier molecular flexibility index (Phi) is 3.12. The van der Waals surface area contributed by atoms with Gasteiger partial charge in [-0.25, -0.2) is 0 Å². The highest BCUT2D eigenvalue weighted by atomic mass is 16.1. The molecule has 4 rings (SSSR count). The van der Waals surface area contributed by atoms with Gasteiger partial charge in [0.15, 0.2) is 0 Å². The fourth-order valence-electron chi connectivity index (χ4n) is 7.44. The molecule has 0 bridgehead atoms. The number of carbonyl (C=O) groups is 1. The zero-order valence-electron chi connectivity index (χ0n) is 14.2. The van der Waals surface area contributed by atoms with Crippen molar-refractivity contribution < 1.29 is 4.79 Å². The van der Waals surface area contributed by atoms with Crippen LogP contribution >= 0.6 is 0 Å². The van der Waals surface area contributed by atoms with E-state index in [0.717, 1.165) is 30.1 Å². The standard InChI is InChI=1S/C20H32O/c1-13-12-14-6-4-5-10-19(14,2)16-9-11-20(3)15(18(13)16)7-8-17(20)21/h13-16,18H,4-12H2,1-3H3/t13-,14?,15?,16?,18?,19-,20-/m0/s1. The minimum absolute atomic E-state index is 0.0489. The van der Waals surface area contributed by atoms with Gasteiger partial charge in [0, 0.05) is 11.8 Å². The molecule has 0 spiro atoms. The fraction of sp³-hybridized carbons (Fsp3) is 0.950. The lowest BCUT2D eigenvalue weighted by molar-refractivity contribution is -0.146. The average Bonchev–Trinajstić information content (AvgIpc) is 2.76. The van der Waals surface area contributed by atoms with Crippen LogP contribution in [0.3, 0.4) is 0 Å². The van der Waals surface area contributed by atoms with Crippen molar-refractivity contribution >= 4 is 5.78 Å². The van der Waals surface area contributed by atoms with Gasteiger partial charge in [0.1, 0.15) is 5.78 Å². The first-order valence-electron chi connectivity index (χ1n) is 9.50. The van der Waals surface area contributed by atoms with E-state index in [9.17, 15) is 4.79 Å². The highest BCUT2D eigenvalue weighted by Crippen LogP contribution is 2.66. The zero-order chi connectivity index (χ0) is 14.8. The van der Waals surface area contributed by atoms with Crippen LogP contribution in [0, 0.1) is 40.4 Å². The zero-order valence-corrected chi connectivity index (χ0v) is 14.2. The van der Waals surface area contributed by atoms with Crippen LogP contribution in [0.25, 0.3) is 0 Å². The third kappa shape index (κ3) is 1.78. The number of hydrogen-bond donors (Lipinski definition) is 0. The Morgan fingerprint density at radius 2 is 1.81 bits per heavy atom. The van der Waals surface area contributed by atoms with E-state index in [4.69, 9.17) is 0 Å². The van der Waals surface area contributed by atoms with Crippen LogP contribution in [-0.2, 0) is 4.79 Å². The molecule has 0 amide bonds. The lowest BCUT2D eigenvalue weighted by atomic mass is 9.43. The van der Waals surface area contributed by atoms with E-state index >= 15 is 0 Å². The van der Waals surface area contributed by atoms with Gasteiger partial charge in [-0.15, -0.1) is 0 Å². The molecular formula is C20H32O. The Hall–Kier alpha value is -0.330. The van der Waals surface area contributed by atoms with Crippen LogP contribution in [0.15, 0.2) is 0 Å². The summed E-state index contributed by atoms with van der Waals surface area (Å²) in [5.74, 6) is 4.88. The lowest BCUT2D eigenvalue weighted by Crippen LogP contribution is -2.55. The average molecular weight is 288 g/mol. The summed E-state index contributed by atoms with van der Waals surface area (Å²) in [6, 6.07) is 0. The van der Waals surface area contributed by atoms with Crippen molar-refractivity contribution in [1.29, 1.82) is 0 Å². The molecule has 4 aliphatic rings. The van der Waals surface area contributed by atoms with Gasteiger partial charge in [-0.3, -0.25) is 4.79 Å². The molecule has 0 radical (unpaired) electrons. The van der Waals surface area contributed by atoms with Gasteiger partial charge < -0.3 is 0 Å². The van der Waals surface area contributed by atoms with Gasteiger partial charge in [-0.1, -0.05) is 33.6 Å². The molecule has 1 heteroatoms. The van der Waals surface area contributed by atoms with Crippen LogP contribution in [0.5, 0.6) is 0 Å². The van der Waals surface area contributed by atoms with Crippen molar-refractivity contribution in [2.24, 2.45) is 40.4 Å². The maximum Gasteiger partial charge on any atom is 0.139 e. The number of rotatable bonds is 0. The van der Waals surface area contributed by atoms with Crippen molar-refractivity contribution in [2.75, 3.05) is 0 Å². The molecule has 0 N–H and O–H groups in total. The Balaban J connectivity index is 1.71. The Morgan fingerprint density at radius 1 is 1.00 bits per heavy atom. The van der Waals surface area contributed by atoms with Gasteiger partial charge >= 0.3 is 0 Å². The molecule has 21 heavy (non-hydrogen) atoms. The molecule has 4 saturated carbocycles. The fourth-order valence-corrected chi connectivity index (χ4v) is 7.44. The van der Waals surface area contributed by atoms with Crippen LogP contribution in [0.4, 0.5) is 0 Å². The monoisotopic (exact) mass is 288 g/mol. The van der Waals surface area contributed by atoms with Gasteiger partial charge in [0.05, 0.1) is 0 Å². The molecule has 4 fully saturated rings. The normalized spacial score (nSPS) is 56.5. The summed E-state index contributed by atoms with van der Waals surface area (Å²) in [5.41, 5.74) is 0.648. The highest BCUT2D eigenvalue weighted by Gasteiger charge is 2.61. The van der Waals surface area contributed by atoms with Crippen molar-refractivity contribution in [2.45, 2.75) is 78.6 Å². The lowest BCUT2D eigenvalue weighted by Gasteiger charge is -2.61. The summed E-state index contributed by atoms with van der Waals surface area (Å²) in [7, 11) is 0. The largest absolute Gasteiger partial charge is 0.299 e. The Bertz CT molecular complexity index is 455. The quantitative estimate of drug-likeness (QED) is 0.596. The number of ketones is 1.